The Bertz CT molecular complexity index is 555. The van der Waals surface area contributed by atoms with E-state index in [0.717, 1.165) is 17.6 Å². The van der Waals surface area contributed by atoms with Crippen molar-refractivity contribution in [2.24, 2.45) is 17.4 Å². The first kappa shape index (κ1) is 19.9. The minimum Gasteiger partial charge on any atom is -0.393 e. The third-order valence-electron chi connectivity index (χ3n) is 3.84. The molecule has 0 aliphatic heterocycles. The van der Waals surface area contributed by atoms with Gasteiger partial charge in [0.2, 0.25) is 11.8 Å². The highest BCUT2D eigenvalue weighted by atomic mass is 16.3. The molecule has 1 rings (SSSR count). The Labute approximate surface area is 143 Å². The monoisotopic (exact) mass is 331 g/mol. The molecule has 5 nitrogen and oxygen atoms in total. The number of carbonyl (C=O) groups is 2. The average Bonchev–Trinajstić information content (AvgIpc) is 2.55. The summed E-state index contributed by atoms with van der Waals surface area (Å²) in [5, 5.41) is 10.2. The van der Waals surface area contributed by atoms with E-state index in [2.05, 4.69) is 0 Å². The van der Waals surface area contributed by atoms with Gasteiger partial charge in [-0.15, -0.1) is 0 Å². The molecule has 0 fully saturated rings. The molecule has 0 heterocycles. The number of amides is 2. The van der Waals surface area contributed by atoms with Crippen LogP contribution in [-0.2, 0) is 16.0 Å². The molecule has 1 aromatic carbocycles. The van der Waals surface area contributed by atoms with Gasteiger partial charge in [0, 0.05) is 6.42 Å². The first-order chi connectivity index (χ1) is 11.4. The van der Waals surface area contributed by atoms with Crippen molar-refractivity contribution in [3.63, 3.8) is 0 Å². The molecular weight excluding hydrogens is 304 g/mol. The summed E-state index contributed by atoms with van der Waals surface area (Å²) in [4.78, 5) is 22.8. The number of nitrogens with two attached hydrogens (primary N) is 2. The molecule has 0 unspecified atom stereocenters. The van der Waals surface area contributed by atoms with Crippen molar-refractivity contribution in [1.82, 2.24) is 0 Å². The fraction of sp³-hybridized carbons (Fsp3) is 0.421. The molecule has 1 radical (unpaired) electrons. The van der Waals surface area contributed by atoms with E-state index in [4.69, 9.17) is 11.5 Å². The molecule has 24 heavy (non-hydrogen) atoms. The molecular formula is C19H27N2O3. The van der Waals surface area contributed by atoms with Crippen molar-refractivity contribution in [2.75, 3.05) is 0 Å². The molecule has 0 aliphatic rings. The quantitative estimate of drug-likeness (QED) is 0.539. The number of aliphatic hydroxyl groups excluding tert-OH is 1. The maximum Gasteiger partial charge on any atom is 0.224 e. The Morgan fingerprint density at radius 1 is 1.21 bits per heavy atom. The van der Waals surface area contributed by atoms with E-state index in [0.29, 0.717) is 12.8 Å². The zero-order valence-corrected chi connectivity index (χ0v) is 14.2. The fourth-order valence-corrected chi connectivity index (χ4v) is 2.61. The van der Waals surface area contributed by atoms with E-state index < -0.39 is 23.8 Å². The van der Waals surface area contributed by atoms with Gasteiger partial charge in [0.1, 0.15) is 0 Å². The average molecular weight is 331 g/mol. The summed E-state index contributed by atoms with van der Waals surface area (Å²) < 4.78 is 0. The van der Waals surface area contributed by atoms with Crippen molar-refractivity contribution < 1.29 is 14.7 Å². The van der Waals surface area contributed by atoms with Crippen molar-refractivity contribution in [3.8, 4) is 0 Å². The van der Waals surface area contributed by atoms with Crippen LogP contribution in [0.1, 0.15) is 38.2 Å². The molecule has 0 aliphatic carbocycles. The number of primary amides is 2. The summed E-state index contributed by atoms with van der Waals surface area (Å²) in [5.41, 5.74) is 12.5. The van der Waals surface area contributed by atoms with E-state index in [9.17, 15) is 14.7 Å². The zero-order chi connectivity index (χ0) is 17.9. The highest BCUT2D eigenvalue weighted by Crippen LogP contribution is 2.23. The number of aliphatic hydroxyl groups is 1. The number of hydrogen-bond donors (Lipinski definition) is 3. The number of benzene rings is 1. The third kappa shape index (κ3) is 7.42. The molecule has 0 aromatic heterocycles. The predicted molar refractivity (Wildman–Crippen MR) is 94.6 cm³/mol. The van der Waals surface area contributed by atoms with Crippen LogP contribution in [0.5, 0.6) is 0 Å². The van der Waals surface area contributed by atoms with Crippen LogP contribution in [0.25, 0.3) is 0 Å². The first-order valence-corrected chi connectivity index (χ1v) is 8.25. The summed E-state index contributed by atoms with van der Waals surface area (Å²) in [6.45, 7) is 1.98. The maximum absolute atomic E-state index is 11.8. The first-order valence-electron chi connectivity index (χ1n) is 8.25. The van der Waals surface area contributed by atoms with Crippen LogP contribution in [0.3, 0.4) is 0 Å². The second kappa shape index (κ2) is 10.6. The summed E-state index contributed by atoms with van der Waals surface area (Å²) in [5.74, 6) is -1.54. The molecule has 131 valence electrons. The summed E-state index contributed by atoms with van der Waals surface area (Å²) in [7, 11) is 0. The molecule has 2 atom stereocenters. The van der Waals surface area contributed by atoms with Crippen molar-refractivity contribution >= 4 is 11.8 Å². The van der Waals surface area contributed by atoms with E-state index in [1.54, 1.807) is 12.5 Å². The lowest BCUT2D eigenvalue weighted by Crippen LogP contribution is -2.29. The van der Waals surface area contributed by atoms with Crippen molar-refractivity contribution in [2.45, 2.75) is 45.1 Å². The number of rotatable bonds is 11. The largest absolute Gasteiger partial charge is 0.393 e. The van der Waals surface area contributed by atoms with Gasteiger partial charge in [0.25, 0.3) is 0 Å². The Kier molecular flexibility index (Phi) is 8.79. The molecule has 0 saturated carbocycles. The van der Waals surface area contributed by atoms with Gasteiger partial charge in [0.15, 0.2) is 0 Å². The maximum atomic E-state index is 11.8. The van der Waals surface area contributed by atoms with Crippen molar-refractivity contribution in [1.29, 1.82) is 0 Å². The van der Waals surface area contributed by atoms with Gasteiger partial charge in [-0.1, -0.05) is 55.3 Å². The standard InChI is InChI=1S/C19H27N2O3/c1-2-6-15(10-12-18(20)23)17(19(21)24)13-16(22)11-9-14-7-4-3-5-8-14/h3-5,7-8,10-11,16-17,22H,2,6,9,12-13H2,1H3,(H2,20,23)(H2,21,24)/t16-,17-/m0/s1. The van der Waals surface area contributed by atoms with Gasteiger partial charge in [-0.05, 0) is 31.2 Å². The highest BCUT2D eigenvalue weighted by molar-refractivity contribution is 5.80. The number of carbonyl (C=O) groups excluding carboxylic acids is 2. The van der Waals surface area contributed by atoms with Crippen LogP contribution in [0.2, 0.25) is 0 Å². The Hall–Kier alpha value is -2.14. The Balaban J connectivity index is 2.70. The van der Waals surface area contributed by atoms with Gasteiger partial charge in [-0.25, -0.2) is 0 Å². The number of hydrogen-bond acceptors (Lipinski definition) is 3. The lowest BCUT2D eigenvalue weighted by Gasteiger charge is -2.20. The van der Waals surface area contributed by atoms with E-state index >= 15 is 0 Å². The molecule has 1 aromatic rings. The molecule has 2 amide bonds. The molecule has 0 saturated heterocycles. The van der Waals surface area contributed by atoms with Crippen LogP contribution >= 0.6 is 0 Å². The summed E-state index contributed by atoms with van der Waals surface area (Å²) in [6, 6.07) is 9.76. The van der Waals surface area contributed by atoms with Gasteiger partial charge >= 0.3 is 0 Å². The van der Waals surface area contributed by atoms with Crippen LogP contribution < -0.4 is 11.5 Å². The van der Waals surface area contributed by atoms with E-state index in [1.165, 1.54) is 0 Å². The summed E-state index contributed by atoms with van der Waals surface area (Å²) >= 11 is 0. The van der Waals surface area contributed by atoms with Crippen LogP contribution in [0.4, 0.5) is 0 Å². The minimum absolute atomic E-state index is 0.0724. The van der Waals surface area contributed by atoms with Gasteiger partial charge in [0.05, 0.1) is 12.0 Å². The molecule has 0 bridgehead atoms. The topological polar surface area (TPSA) is 106 Å². The minimum atomic E-state index is -0.753. The summed E-state index contributed by atoms with van der Waals surface area (Å²) in [6.07, 6.45) is 5.05. The van der Waals surface area contributed by atoms with Gasteiger partial charge in [-0.2, -0.15) is 0 Å². The molecule has 0 spiro atoms. The third-order valence-corrected chi connectivity index (χ3v) is 3.84. The predicted octanol–water partition coefficient (Wildman–Crippen LogP) is 1.89. The Morgan fingerprint density at radius 2 is 1.88 bits per heavy atom. The van der Waals surface area contributed by atoms with Crippen LogP contribution in [0.15, 0.2) is 42.0 Å². The molecule has 5 N–H and O–H groups in total. The second-order valence-corrected chi connectivity index (χ2v) is 5.88. The Morgan fingerprint density at radius 3 is 2.42 bits per heavy atom. The van der Waals surface area contributed by atoms with E-state index in [-0.39, 0.29) is 12.8 Å². The lowest BCUT2D eigenvalue weighted by molar-refractivity contribution is -0.121. The second-order valence-electron chi connectivity index (χ2n) is 5.88. The van der Waals surface area contributed by atoms with Crippen LogP contribution in [-0.4, -0.2) is 23.0 Å². The normalized spacial score (nSPS) is 14.2. The zero-order valence-electron chi connectivity index (χ0n) is 14.2. The van der Waals surface area contributed by atoms with E-state index in [1.807, 2.05) is 37.3 Å². The SMILES string of the molecule is CCCC(=CCC(N)=O)[C@H](C[C@@H](O)[CH]Cc1ccccc1)C(N)=O. The van der Waals surface area contributed by atoms with Crippen LogP contribution in [0, 0.1) is 12.3 Å². The fourth-order valence-electron chi connectivity index (χ4n) is 2.61. The smallest absolute Gasteiger partial charge is 0.224 e. The molecule has 5 heteroatoms. The lowest BCUT2D eigenvalue weighted by atomic mass is 9.87. The van der Waals surface area contributed by atoms with Gasteiger partial charge in [-0.3, -0.25) is 9.59 Å². The highest BCUT2D eigenvalue weighted by Gasteiger charge is 2.23. The van der Waals surface area contributed by atoms with Crippen molar-refractivity contribution in [3.05, 3.63) is 54.0 Å². The van der Waals surface area contributed by atoms with Gasteiger partial charge < -0.3 is 16.6 Å².